The van der Waals surface area contributed by atoms with Crippen molar-refractivity contribution < 1.29 is 23.5 Å². The van der Waals surface area contributed by atoms with E-state index in [-0.39, 0.29) is 5.76 Å². The van der Waals surface area contributed by atoms with Crippen molar-refractivity contribution in [1.29, 1.82) is 0 Å². The van der Waals surface area contributed by atoms with Crippen molar-refractivity contribution in [2.24, 2.45) is 0 Å². The molecule has 0 radical (unpaired) electrons. The molecule has 0 aliphatic heterocycles. The largest absolute Gasteiger partial charge is 0.457 e. The average molecular weight is 184 g/mol. The molecular formula is C8H8O5. The monoisotopic (exact) mass is 184 g/mol. The highest BCUT2D eigenvalue weighted by atomic mass is 16.7. The first-order valence-electron chi connectivity index (χ1n) is 3.54. The fourth-order valence-electron chi connectivity index (χ4n) is 0.632. The van der Waals surface area contributed by atoms with E-state index in [9.17, 15) is 9.59 Å². The standard InChI is InChI=1S/C8H8O5/c1-6(9)12-5-13-8(10)7-3-2-4-11-7/h2-4H,5H2,1H3. The van der Waals surface area contributed by atoms with Crippen LogP contribution in [0.15, 0.2) is 22.8 Å². The highest BCUT2D eigenvalue weighted by Crippen LogP contribution is 2.01. The number of hydrogen-bond acceptors (Lipinski definition) is 5. The molecule has 0 aromatic carbocycles. The van der Waals surface area contributed by atoms with Gasteiger partial charge in [0.25, 0.3) is 0 Å². The van der Waals surface area contributed by atoms with E-state index in [2.05, 4.69) is 9.47 Å². The molecule has 70 valence electrons. The first kappa shape index (κ1) is 9.31. The van der Waals surface area contributed by atoms with E-state index in [1.807, 2.05) is 0 Å². The van der Waals surface area contributed by atoms with Crippen molar-refractivity contribution in [3.8, 4) is 0 Å². The lowest BCUT2D eigenvalue weighted by Crippen LogP contribution is -2.10. The van der Waals surface area contributed by atoms with E-state index in [4.69, 9.17) is 4.42 Å². The van der Waals surface area contributed by atoms with Crippen molar-refractivity contribution >= 4 is 11.9 Å². The number of hydrogen-bond donors (Lipinski definition) is 0. The van der Waals surface area contributed by atoms with E-state index in [0.29, 0.717) is 0 Å². The van der Waals surface area contributed by atoms with Gasteiger partial charge in [-0.2, -0.15) is 0 Å². The summed E-state index contributed by atoms with van der Waals surface area (Å²) in [7, 11) is 0. The third-order valence-corrected chi connectivity index (χ3v) is 1.17. The van der Waals surface area contributed by atoms with Gasteiger partial charge in [0, 0.05) is 6.92 Å². The SMILES string of the molecule is CC(=O)OCOC(=O)c1ccco1. The molecule has 0 amide bonds. The van der Waals surface area contributed by atoms with E-state index >= 15 is 0 Å². The van der Waals surface area contributed by atoms with E-state index in [1.54, 1.807) is 6.07 Å². The molecule has 0 saturated carbocycles. The van der Waals surface area contributed by atoms with Gasteiger partial charge in [0.15, 0.2) is 0 Å². The molecule has 0 N–H and O–H groups in total. The van der Waals surface area contributed by atoms with Crippen LogP contribution in [0.3, 0.4) is 0 Å². The smallest absolute Gasteiger partial charge is 0.377 e. The molecule has 1 aromatic heterocycles. The van der Waals surface area contributed by atoms with Crippen molar-refractivity contribution in [3.63, 3.8) is 0 Å². The fourth-order valence-corrected chi connectivity index (χ4v) is 0.632. The van der Waals surface area contributed by atoms with Crippen LogP contribution < -0.4 is 0 Å². The molecule has 13 heavy (non-hydrogen) atoms. The first-order chi connectivity index (χ1) is 6.20. The molecule has 1 rings (SSSR count). The third-order valence-electron chi connectivity index (χ3n) is 1.17. The molecular weight excluding hydrogens is 176 g/mol. The summed E-state index contributed by atoms with van der Waals surface area (Å²) in [5.41, 5.74) is 0. The van der Waals surface area contributed by atoms with Crippen LogP contribution in [0.1, 0.15) is 17.5 Å². The highest BCUT2D eigenvalue weighted by Gasteiger charge is 2.09. The van der Waals surface area contributed by atoms with Gasteiger partial charge in [0.05, 0.1) is 6.26 Å². The Hall–Kier alpha value is -1.78. The van der Waals surface area contributed by atoms with Crippen molar-refractivity contribution in [2.75, 3.05) is 6.79 Å². The zero-order valence-electron chi connectivity index (χ0n) is 6.98. The average Bonchev–Trinajstić information content (AvgIpc) is 2.55. The summed E-state index contributed by atoms with van der Waals surface area (Å²) in [6, 6.07) is 3.01. The number of ether oxygens (including phenoxy) is 2. The fraction of sp³-hybridized carbons (Fsp3) is 0.250. The van der Waals surface area contributed by atoms with Gasteiger partial charge < -0.3 is 13.9 Å². The Morgan fingerprint density at radius 3 is 2.77 bits per heavy atom. The van der Waals surface area contributed by atoms with Crippen LogP contribution in [0.25, 0.3) is 0 Å². The summed E-state index contributed by atoms with van der Waals surface area (Å²) in [5.74, 6) is -1.09. The summed E-state index contributed by atoms with van der Waals surface area (Å²) in [5, 5.41) is 0. The number of furan rings is 1. The van der Waals surface area contributed by atoms with Gasteiger partial charge in [0.2, 0.25) is 12.6 Å². The molecule has 0 aliphatic carbocycles. The van der Waals surface area contributed by atoms with Crippen molar-refractivity contribution in [2.45, 2.75) is 6.92 Å². The van der Waals surface area contributed by atoms with Crippen LogP contribution >= 0.6 is 0 Å². The third kappa shape index (κ3) is 2.98. The second-order valence-corrected chi connectivity index (χ2v) is 2.16. The summed E-state index contributed by atoms with van der Waals surface area (Å²) >= 11 is 0. The van der Waals surface area contributed by atoms with Crippen LogP contribution in [0, 0.1) is 0 Å². The molecule has 0 aliphatic rings. The molecule has 1 heterocycles. The maximum absolute atomic E-state index is 11.0. The minimum absolute atomic E-state index is 0.0761. The Bertz CT molecular complexity index is 287. The van der Waals surface area contributed by atoms with Gasteiger partial charge >= 0.3 is 11.9 Å². The van der Waals surface area contributed by atoms with E-state index in [1.165, 1.54) is 19.3 Å². The lowest BCUT2D eigenvalue weighted by Gasteiger charge is -2.01. The maximum atomic E-state index is 11.0. The van der Waals surface area contributed by atoms with Gasteiger partial charge in [-0.3, -0.25) is 4.79 Å². The van der Waals surface area contributed by atoms with Crippen LogP contribution in [-0.4, -0.2) is 18.7 Å². The number of rotatable bonds is 3. The van der Waals surface area contributed by atoms with Gasteiger partial charge in [-0.1, -0.05) is 0 Å². The molecule has 0 fully saturated rings. The molecule has 1 aromatic rings. The zero-order valence-corrected chi connectivity index (χ0v) is 6.98. The lowest BCUT2D eigenvalue weighted by atomic mass is 10.5. The topological polar surface area (TPSA) is 65.7 Å². The molecule has 0 unspecified atom stereocenters. The van der Waals surface area contributed by atoms with Crippen LogP contribution in [0.4, 0.5) is 0 Å². The van der Waals surface area contributed by atoms with E-state index in [0.717, 1.165) is 0 Å². The summed E-state index contributed by atoms with van der Waals surface area (Å²) < 4.78 is 13.6. The Morgan fingerprint density at radius 2 is 2.23 bits per heavy atom. The molecule has 5 heteroatoms. The van der Waals surface area contributed by atoms with Gasteiger partial charge in [0.1, 0.15) is 0 Å². The maximum Gasteiger partial charge on any atom is 0.377 e. The Kier molecular flexibility index (Phi) is 3.08. The van der Waals surface area contributed by atoms with Gasteiger partial charge in [-0.15, -0.1) is 0 Å². The molecule has 5 nitrogen and oxygen atoms in total. The predicted molar refractivity (Wildman–Crippen MR) is 40.8 cm³/mol. The normalized spacial score (nSPS) is 9.31. The summed E-state index contributed by atoms with van der Waals surface area (Å²) in [6.45, 7) is 0.829. The minimum atomic E-state index is -0.661. The highest BCUT2D eigenvalue weighted by molar-refractivity contribution is 5.86. The number of esters is 2. The first-order valence-corrected chi connectivity index (χ1v) is 3.54. The Labute approximate surface area is 74.2 Å². The van der Waals surface area contributed by atoms with Crippen molar-refractivity contribution in [3.05, 3.63) is 24.2 Å². The summed E-state index contributed by atoms with van der Waals surface area (Å²) in [6.07, 6.45) is 1.35. The zero-order chi connectivity index (χ0) is 9.68. The van der Waals surface area contributed by atoms with Gasteiger partial charge in [-0.05, 0) is 12.1 Å². The predicted octanol–water partition coefficient (Wildman–Crippen LogP) is 0.957. The van der Waals surface area contributed by atoms with Crippen LogP contribution in [0.2, 0.25) is 0 Å². The minimum Gasteiger partial charge on any atom is -0.457 e. The Balaban J connectivity index is 2.31. The summed E-state index contributed by atoms with van der Waals surface area (Å²) in [4.78, 5) is 21.3. The van der Waals surface area contributed by atoms with Gasteiger partial charge in [-0.25, -0.2) is 4.79 Å². The number of carbonyl (C=O) groups excluding carboxylic acids is 2. The molecule has 0 atom stereocenters. The second kappa shape index (κ2) is 4.30. The molecule has 0 saturated heterocycles. The molecule has 0 bridgehead atoms. The second-order valence-electron chi connectivity index (χ2n) is 2.16. The van der Waals surface area contributed by atoms with Crippen LogP contribution in [-0.2, 0) is 14.3 Å². The van der Waals surface area contributed by atoms with E-state index < -0.39 is 18.7 Å². The number of carbonyl (C=O) groups is 2. The lowest BCUT2D eigenvalue weighted by molar-refractivity contribution is -0.149. The Morgan fingerprint density at radius 1 is 1.46 bits per heavy atom. The quantitative estimate of drug-likeness (QED) is 0.517. The van der Waals surface area contributed by atoms with Crippen molar-refractivity contribution in [1.82, 2.24) is 0 Å². The molecule has 0 spiro atoms. The van der Waals surface area contributed by atoms with Crippen LogP contribution in [0.5, 0.6) is 0 Å².